The molecule has 3 N–H and O–H groups in total. The molecule has 1 aromatic rings. The van der Waals surface area contributed by atoms with Gasteiger partial charge in [0.25, 0.3) is 0 Å². The quantitative estimate of drug-likeness (QED) is 0.740. The van der Waals surface area contributed by atoms with Gasteiger partial charge in [-0.05, 0) is 51.0 Å². The highest BCUT2D eigenvalue weighted by molar-refractivity contribution is 5.89. The van der Waals surface area contributed by atoms with E-state index in [4.69, 9.17) is 9.84 Å². The van der Waals surface area contributed by atoms with Crippen molar-refractivity contribution < 1.29 is 14.6 Å². The lowest BCUT2D eigenvalue weighted by Gasteiger charge is -2.14. The topological polar surface area (TPSA) is 70.6 Å². The molecule has 0 saturated heterocycles. The molecule has 0 unspecified atom stereocenters. The van der Waals surface area contributed by atoms with Crippen LogP contribution in [0.2, 0.25) is 0 Å². The van der Waals surface area contributed by atoms with Crippen LogP contribution in [0.25, 0.3) is 0 Å². The maximum atomic E-state index is 11.7. The van der Waals surface area contributed by atoms with Gasteiger partial charge in [0.05, 0.1) is 6.61 Å². The van der Waals surface area contributed by atoms with Crippen molar-refractivity contribution in [3.05, 3.63) is 23.8 Å². The van der Waals surface area contributed by atoms with Gasteiger partial charge in [-0.25, -0.2) is 4.79 Å². The lowest BCUT2D eigenvalue weighted by atomic mass is 10.2. The SMILES string of the molecule is CCOc1ccc(NC(=O)N[C@H](C)CCO)cc1C. The van der Waals surface area contributed by atoms with Crippen molar-refractivity contribution in [2.24, 2.45) is 0 Å². The first-order chi connectivity index (χ1) is 9.06. The number of hydrogen-bond donors (Lipinski definition) is 3. The fourth-order valence-corrected chi connectivity index (χ4v) is 1.70. The summed E-state index contributed by atoms with van der Waals surface area (Å²) in [7, 11) is 0. The van der Waals surface area contributed by atoms with Gasteiger partial charge in [-0.15, -0.1) is 0 Å². The van der Waals surface area contributed by atoms with Gasteiger partial charge < -0.3 is 20.5 Å². The number of ether oxygens (including phenoxy) is 1. The molecule has 0 aliphatic heterocycles. The number of hydrogen-bond acceptors (Lipinski definition) is 3. The zero-order valence-corrected chi connectivity index (χ0v) is 11.7. The monoisotopic (exact) mass is 266 g/mol. The van der Waals surface area contributed by atoms with E-state index in [1.54, 1.807) is 6.07 Å². The van der Waals surface area contributed by atoms with Gasteiger partial charge in [0.1, 0.15) is 5.75 Å². The average molecular weight is 266 g/mol. The van der Waals surface area contributed by atoms with Crippen LogP contribution in [0.5, 0.6) is 5.75 Å². The predicted octanol–water partition coefficient (Wildman–Crippen LogP) is 2.29. The summed E-state index contributed by atoms with van der Waals surface area (Å²) in [4.78, 5) is 11.7. The number of aryl methyl sites for hydroxylation is 1. The van der Waals surface area contributed by atoms with E-state index in [9.17, 15) is 4.79 Å². The van der Waals surface area contributed by atoms with Crippen LogP contribution in [0.3, 0.4) is 0 Å². The average Bonchev–Trinajstić information content (AvgIpc) is 2.32. The van der Waals surface area contributed by atoms with Crippen molar-refractivity contribution in [1.29, 1.82) is 0 Å². The first-order valence-electron chi connectivity index (χ1n) is 6.48. The molecule has 106 valence electrons. The van der Waals surface area contributed by atoms with Gasteiger partial charge >= 0.3 is 6.03 Å². The minimum absolute atomic E-state index is 0.0591. The number of anilines is 1. The molecule has 0 heterocycles. The van der Waals surface area contributed by atoms with Crippen molar-refractivity contribution in [1.82, 2.24) is 5.32 Å². The Kier molecular flexibility index (Phi) is 6.15. The molecule has 1 atom stereocenters. The van der Waals surface area contributed by atoms with E-state index in [2.05, 4.69) is 10.6 Å². The molecule has 0 radical (unpaired) electrons. The van der Waals surface area contributed by atoms with E-state index in [0.29, 0.717) is 13.0 Å². The molecule has 0 aliphatic rings. The zero-order chi connectivity index (χ0) is 14.3. The summed E-state index contributed by atoms with van der Waals surface area (Å²) in [5.74, 6) is 0.821. The molecule has 1 aromatic carbocycles. The van der Waals surface area contributed by atoms with Crippen LogP contribution in [-0.2, 0) is 0 Å². The summed E-state index contributed by atoms with van der Waals surface area (Å²) in [6.45, 7) is 6.39. The lowest BCUT2D eigenvalue weighted by molar-refractivity contribution is 0.241. The molecular formula is C14H22N2O3. The molecule has 0 spiro atoms. The molecule has 5 nitrogen and oxygen atoms in total. The second kappa shape index (κ2) is 7.63. The smallest absolute Gasteiger partial charge is 0.319 e. The first kappa shape index (κ1) is 15.3. The highest BCUT2D eigenvalue weighted by Crippen LogP contribution is 2.21. The number of carbonyl (C=O) groups is 1. The fraction of sp³-hybridized carbons (Fsp3) is 0.500. The molecule has 19 heavy (non-hydrogen) atoms. The number of benzene rings is 1. The Balaban J connectivity index is 2.57. The van der Waals surface area contributed by atoms with Crippen LogP contribution < -0.4 is 15.4 Å². The van der Waals surface area contributed by atoms with Gasteiger partial charge in [-0.3, -0.25) is 0 Å². The van der Waals surface area contributed by atoms with Crippen molar-refractivity contribution in [2.75, 3.05) is 18.5 Å². The summed E-state index contributed by atoms with van der Waals surface area (Å²) in [5, 5.41) is 14.3. The molecule has 0 aromatic heterocycles. The van der Waals surface area contributed by atoms with Crippen molar-refractivity contribution in [3.63, 3.8) is 0 Å². The summed E-state index contributed by atoms with van der Waals surface area (Å²) >= 11 is 0. The molecule has 0 fully saturated rings. The summed E-state index contributed by atoms with van der Waals surface area (Å²) < 4.78 is 5.44. The maximum absolute atomic E-state index is 11.7. The van der Waals surface area contributed by atoms with Crippen molar-refractivity contribution in [3.8, 4) is 5.75 Å². The van der Waals surface area contributed by atoms with E-state index in [0.717, 1.165) is 17.0 Å². The minimum Gasteiger partial charge on any atom is -0.494 e. The number of carbonyl (C=O) groups excluding carboxylic acids is 1. The summed E-state index contributed by atoms with van der Waals surface area (Å²) in [6.07, 6.45) is 0.537. The highest BCUT2D eigenvalue weighted by Gasteiger charge is 2.07. The molecular weight excluding hydrogens is 244 g/mol. The lowest BCUT2D eigenvalue weighted by Crippen LogP contribution is -2.36. The zero-order valence-electron chi connectivity index (χ0n) is 11.7. The highest BCUT2D eigenvalue weighted by atomic mass is 16.5. The second-order valence-corrected chi connectivity index (χ2v) is 4.43. The molecule has 0 saturated carbocycles. The maximum Gasteiger partial charge on any atom is 0.319 e. The van der Waals surface area contributed by atoms with Gasteiger partial charge in [0.15, 0.2) is 0 Å². The number of aliphatic hydroxyl groups is 1. The number of urea groups is 1. The largest absolute Gasteiger partial charge is 0.494 e. The third-order valence-electron chi connectivity index (χ3n) is 2.67. The third-order valence-corrected chi connectivity index (χ3v) is 2.67. The Morgan fingerprint density at radius 1 is 1.47 bits per heavy atom. The van der Waals surface area contributed by atoms with Crippen LogP contribution in [-0.4, -0.2) is 30.4 Å². The van der Waals surface area contributed by atoms with E-state index in [1.165, 1.54) is 0 Å². The van der Waals surface area contributed by atoms with Gasteiger partial charge in [-0.2, -0.15) is 0 Å². The Morgan fingerprint density at radius 3 is 2.79 bits per heavy atom. The van der Waals surface area contributed by atoms with Crippen LogP contribution in [0.1, 0.15) is 25.8 Å². The third kappa shape index (κ3) is 5.18. The van der Waals surface area contributed by atoms with Crippen LogP contribution >= 0.6 is 0 Å². The van der Waals surface area contributed by atoms with E-state index >= 15 is 0 Å². The standard InChI is InChI=1S/C14H22N2O3/c1-4-19-13-6-5-12(9-10(13)2)16-14(18)15-11(3)7-8-17/h5-6,9,11,17H,4,7-8H2,1-3H3,(H2,15,16,18)/t11-/m1/s1. The molecule has 2 amide bonds. The summed E-state index contributed by atoms with van der Waals surface area (Å²) in [6, 6.07) is 5.17. The van der Waals surface area contributed by atoms with Gasteiger partial charge in [-0.1, -0.05) is 0 Å². The Morgan fingerprint density at radius 2 is 2.21 bits per heavy atom. The van der Waals surface area contributed by atoms with Crippen LogP contribution in [0.15, 0.2) is 18.2 Å². The van der Waals surface area contributed by atoms with Crippen molar-refractivity contribution >= 4 is 11.7 Å². The van der Waals surface area contributed by atoms with Crippen molar-refractivity contribution in [2.45, 2.75) is 33.2 Å². The number of amides is 2. The molecule has 0 bridgehead atoms. The Labute approximate surface area is 114 Å². The number of rotatable bonds is 6. The predicted molar refractivity (Wildman–Crippen MR) is 75.7 cm³/mol. The van der Waals surface area contributed by atoms with Gasteiger partial charge in [0, 0.05) is 18.3 Å². The molecule has 1 rings (SSSR count). The Hall–Kier alpha value is -1.75. The Bertz CT molecular complexity index is 421. The minimum atomic E-state index is -0.274. The number of aliphatic hydroxyl groups excluding tert-OH is 1. The van der Waals surface area contributed by atoms with Gasteiger partial charge in [0.2, 0.25) is 0 Å². The van der Waals surface area contributed by atoms with E-state index < -0.39 is 0 Å². The normalized spacial score (nSPS) is 11.8. The van der Waals surface area contributed by atoms with E-state index in [1.807, 2.05) is 32.9 Å². The summed E-state index contributed by atoms with van der Waals surface area (Å²) in [5.41, 5.74) is 1.69. The van der Waals surface area contributed by atoms with Crippen LogP contribution in [0, 0.1) is 6.92 Å². The second-order valence-electron chi connectivity index (χ2n) is 4.43. The number of nitrogens with one attached hydrogen (secondary N) is 2. The van der Waals surface area contributed by atoms with E-state index in [-0.39, 0.29) is 18.7 Å². The fourth-order valence-electron chi connectivity index (χ4n) is 1.70. The molecule has 0 aliphatic carbocycles. The molecule has 5 heteroatoms. The van der Waals surface area contributed by atoms with Crippen LogP contribution in [0.4, 0.5) is 10.5 Å². The first-order valence-corrected chi connectivity index (χ1v) is 6.48.